The highest BCUT2D eigenvalue weighted by Gasteiger charge is 2.15. The molecule has 0 fully saturated rings. The summed E-state index contributed by atoms with van der Waals surface area (Å²) >= 11 is 5.91. The molecule has 2 aromatic rings. The second-order valence-corrected chi connectivity index (χ2v) is 4.60. The Morgan fingerprint density at radius 2 is 1.78 bits per heavy atom. The summed E-state index contributed by atoms with van der Waals surface area (Å²) in [7, 11) is 0. The highest BCUT2D eigenvalue weighted by atomic mass is 35.5. The van der Waals surface area contributed by atoms with E-state index < -0.39 is 0 Å². The molecule has 0 aliphatic carbocycles. The molecule has 0 aliphatic heterocycles. The molecule has 3 nitrogen and oxygen atoms in total. The quantitative estimate of drug-likeness (QED) is 0.919. The number of hydrogen-bond donors (Lipinski definition) is 1. The summed E-state index contributed by atoms with van der Waals surface area (Å²) in [5.41, 5.74) is 2.18. The standard InChI is InChI=1S/C14H16ClN3/c1-3-16-13(11-4-6-12(15)7-5-11)14-17-8-10(2)9-18-14/h4-9,13,16H,3H2,1-2H3. The molecule has 0 saturated carbocycles. The van der Waals surface area contributed by atoms with Gasteiger partial charge in [-0.15, -0.1) is 0 Å². The van der Waals surface area contributed by atoms with Crippen LogP contribution in [0.3, 0.4) is 0 Å². The van der Waals surface area contributed by atoms with E-state index in [2.05, 4.69) is 22.2 Å². The number of aromatic nitrogens is 2. The first-order chi connectivity index (χ1) is 8.70. The van der Waals surface area contributed by atoms with Gasteiger partial charge in [0, 0.05) is 17.4 Å². The van der Waals surface area contributed by atoms with Gasteiger partial charge in [-0.3, -0.25) is 0 Å². The Hall–Kier alpha value is -1.45. The number of nitrogens with zero attached hydrogens (tertiary/aromatic N) is 2. The predicted octanol–water partition coefficient (Wildman–Crippen LogP) is 3.14. The number of rotatable bonds is 4. The maximum atomic E-state index is 5.91. The maximum absolute atomic E-state index is 5.91. The van der Waals surface area contributed by atoms with E-state index in [-0.39, 0.29) is 6.04 Å². The van der Waals surface area contributed by atoms with Crippen LogP contribution in [0.15, 0.2) is 36.7 Å². The second kappa shape index (κ2) is 5.94. The van der Waals surface area contributed by atoms with Crippen LogP contribution in [0.1, 0.15) is 29.9 Å². The molecular formula is C14H16ClN3. The Bertz CT molecular complexity index is 448. The molecular weight excluding hydrogens is 246 g/mol. The fourth-order valence-electron chi connectivity index (χ4n) is 1.77. The lowest BCUT2D eigenvalue weighted by Gasteiger charge is -2.17. The van der Waals surface area contributed by atoms with Gasteiger partial charge in [-0.1, -0.05) is 30.7 Å². The minimum atomic E-state index is 0.00728. The van der Waals surface area contributed by atoms with E-state index >= 15 is 0 Å². The molecule has 0 radical (unpaired) electrons. The topological polar surface area (TPSA) is 37.8 Å². The third-order valence-corrected chi connectivity index (χ3v) is 2.92. The molecule has 0 saturated heterocycles. The van der Waals surface area contributed by atoms with Crippen molar-refractivity contribution in [3.05, 3.63) is 58.6 Å². The summed E-state index contributed by atoms with van der Waals surface area (Å²) in [5.74, 6) is 0.782. The zero-order chi connectivity index (χ0) is 13.0. The monoisotopic (exact) mass is 261 g/mol. The molecule has 1 heterocycles. The first kappa shape index (κ1) is 13.0. The Balaban J connectivity index is 2.33. The van der Waals surface area contributed by atoms with Gasteiger partial charge in [-0.25, -0.2) is 9.97 Å². The van der Waals surface area contributed by atoms with E-state index in [1.165, 1.54) is 0 Å². The molecule has 1 unspecified atom stereocenters. The molecule has 1 aromatic carbocycles. The smallest absolute Gasteiger partial charge is 0.149 e. The van der Waals surface area contributed by atoms with Crippen LogP contribution in [0.2, 0.25) is 5.02 Å². The third kappa shape index (κ3) is 3.06. The van der Waals surface area contributed by atoms with Crippen molar-refractivity contribution in [2.75, 3.05) is 6.54 Å². The van der Waals surface area contributed by atoms with Crippen LogP contribution in [0.4, 0.5) is 0 Å². The van der Waals surface area contributed by atoms with E-state index in [1.807, 2.05) is 43.6 Å². The summed E-state index contributed by atoms with van der Waals surface area (Å²) in [6.45, 7) is 4.90. The lowest BCUT2D eigenvalue weighted by molar-refractivity contribution is 0.596. The van der Waals surface area contributed by atoms with E-state index in [0.29, 0.717) is 0 Å². The number of halogens is 1. The molecule has 94 valence electrons. The van der Waals surface area contributed by atoms with E-state index in [4.69, 9.17) is 11.6 Å². The number of nitrogens with one attached hydrogen (secondary N) is 1. The summed E-state index contributed by atoms with van der Waals surface area (Å²) < 4.78 is 0. The lowest BCUT2D eigenvalue weighted by atomic mass is 10.1. The SMILES string of the molecule is CCNC(c1ccc(Cl)cc1)c1ncc(C)cn1. The molecule has 1 N–H and O–H groups in total. The zero-order valence-electron chi connectivity index (χ0n) is 10.5. The van der Waals surface area contributed by atoms with Crippen molar-refractivity contribution in [2.45, 2.75) is 19.9 Å². The van der Waals surface area contributed by atoms with Crippen molar-refractivity contribution < 1.29 is 0 Å². The first-order valence-electron chi connectivity index (χ1n) is 5.98. The highest BCUT2D eigenvalue weighted by molar-refractivity contribution is 6.30. The minimum absolute atomic E-state index is 0.00728. The number of aryl methyl sites for hydroxylation is 1. The summed E-state index contributed by atoms with van der Waals surface area (Å²) in [6.07, 6.45) is 3.67. The molecule has 2 rings (SSSR count). The summed E-state index contributed by atoms with van der Waals surface area (Å²) in [6, 6.07) is 7.77. The molecule has 4 heteroatoms. The summed E-state index contributed by atoms with van der Waals surface area (Å²) in [5, 5.41) is 4.12. The first-order valence-corrected chi connectivity index (χ1v) is 6.36. The largest absolute Gasteiger partial charge is 0.304 e. The van der Waals surface area contributed by atoms with E-state index in [0.717, 1.165) is 28.5 Å². The van der Waals surface area contributed by atoms with Crippen molar-refractivity contribution in [3.8, 4) is 0 Å². The van der Waals surface area contributed by atoms with Gasteiger partial charge in [-0.2, -0.15) is 0 Å². The third-order valence-electron chi connectivity index (χ3n) is 2.67. The average Bonchev–Trinajstić information content (AvgIpc) is 2.39. The van der Waals surface area contributed by atoms with Crippen LogP contribution < -0.4 is 5.32 Å². The van der Waals surface area contributed by atoms with Crippen molar-refractivity contribution in [1.29, 1.82) is 0 Å². The van der Waals surface area contributed by atoms with Crippen LogP contribution >= 0.6 is 11.6 Å². The summed E-state index contributed by atoms with van der Waals surface area (Å²) in [4.78, 5) is 8.78. The maximum Gasteiger partial charge on any atom is 0.149 e. The fourth-order valence-corrected chi connectivity index (χ4v) is 1.90. The van der Waals surface area contributed by atoms with Crippen LogP contribution in [-0.2, 0) is 0 Å². The van der Waals surface area contributed by atoms with Gasteiger partial charge < -0.3 is 5.32 Å². The molecule has 18 heavy (non-hydrogen) atoms. The minimum Gasteiger partial charge on any atom is -0.304 e. The van der Waals surface area contributed by atoms with E-state index in [9.17, 15) is 0 Å². The van der Waals surface area contributed by atoms with Crippen LogP contribution in [-0.4, -0.2) is 16.5 Å². The molecule has 1 atom stereocenters. The van der Waals surface area contributed by atoms with Gasteiger partial charge in [0.05, 0.1) is 6.04 Å². The van der Waals surface area contributed by atoms with E-state index in [1.54, 1.807) is 0 Å². The Morgan fingerprint density at radius 3 is 2.33 bits per heavy atom. The molecule has 0 bridgehead atoms. The van der Waals surface area contributed by atoms with Gasteiger partial charge >= 0.3 is 0 Å². The van der Waals surface area contributed by atoms with Gasteiger partial charge in [0.2, 0.25) is 0 Å². The van der Waals surface area contributed by atoms with Crippen molar-refractivity contribution >= 4 is 11.6 Å². The van der Waals surface area contributed by atoms with Crippen LogP contribution in [0, 0.1) is 6.92 Å². The van der Waals surface area contributed by atoms with Gasteiger partial charge in [0.25, 0.3) is 0 Å². The van der Waals surface area contributed by atoms with Gasteiger partial charge in [0.1, 0.15) is 5.82 Å². The van der Waals surface area contributed by atoms with Crippen LogP contribution in [0.5, 0.6) is 0 Å². The number of hydrogen-bond acceptors (Lipinski definition) is 3. The Kier molecular flexibility index (Phi) is 4.28. The van der Waals surface area contributed by atoms with Gasteiger partial charge in [-0.05, 0) is 36.7 Å². The predicted molar refractivity (Wildman–Crippen MR) is 73.7 cm³/mol. The fraction of sp³-hybridized carbons (Fsp3) is 0.286. The van der Waals surface area contributed by atoms with Crippen molar-refractivity contribution in [1.82, 2.24) is 15.3 Å². The van der Waals surface area contributed by atoms with Gasteiger partial charge in [0.15, 0.2) is 0 Å². The average molecular weight is 262 g/mol. The molecule has 0 amide bonds. The lowest BCUT2D eigenvalue weighted by Crippen LogP contribution is -2.24. The zero-order valence-corrected chi connectivity index (χ0v) is 11.3. The highest BCUT2D eigenvalue weighted by Crippen LogP contribution is 2.20. The second-order valence-electron chi connectivity index (χ2n) is 4.16. The van der Waals surface area contributed by atoms with Crippen molar-refractivity contribution in [3.63, 3.8) is 0 Å². The van der Waals surface area contributed by atoms with Crippen molar-refractivity contribution in [2.24, 2.45) is 0 Å². The molecule has 0 spiro atoms. The molecule has 1 aromatic heterocycles. The molecule has 0 aliphatic rings. The normalized spacial score (nSPS) is 12.4. The number of benzene rings is 1. The Morgan fingerprint density at radius 1 is 1.17 bits per heavy atom. The Labute approximate surface area is 112 Å². The van der Waals surface area contributed by atoms with Crippen LogP contribution in [0.25, 0.3) is 0 Å².